The maximum absolute atomic E-state index is 11.9. The molecule has 1 heterocycles. The van der Waals surface area contributed by atoms with E-state index in [4.69, 9.17) is 14.2 Å². The Kier molecular flexibility index (Phi) is 6.41. The minimum absolute atomic E-state index is 0.283. The van der Waals surface area contributed by atoms with E-state index in [1.54, 1.807) is 14.2 Å². The third kappa shape index (κ3) is 4.07. The van der Waals surface area contributed by atoms with E-state index in [-0.39, 0.29) is 6.04 Å². The third-order valence-corrected chi connectivity index (χ3v) is 5.13. The van der Waals surface area contributed by atoms with Crippen molar-refractivity contribution >= 4 is 5.97 Å². The number of methoxy groups -OCH3 is 2. The van der Waals surface area contributed by atoms with E-state index in [0.29, 0.717) is 31.1 Å². The minimum Gasteiger partial charge on any atom is -0.497 e. The third-order valence-electron chi connectivity index (χ3n) is 5.13. The summed E-state index contributed by atoms with van der Waals surface area (Å²) < 4.78 is 16.7. The van der Waals surface area contributed by atoms with Crippen LogP contribution in [0.25, 0.3) is 0 Å². The first-order valence-corrected chi connectivity index (χ1v) is 9.52. The average molecular weight is 385 g/mol. The SMILES string of the molecule is CCOc1cccc(C(c2cc(OC)ccc2OC)N2CCCC2C(=O)O)c1. The molecule has 0 amide bonds. The molecule has 1 aliphatic rings. The molecule has 6 heteroatoms. The Morgan fingerprint density at radius 2 is 2.00 bits per heavy atom. The summed E-state index contributed by atoms with van der Waals surface area (Å²) in [7, 11) is 3.24. The monoisotopic (exact) mass is 385 g/mol. The van der Waals surface area contributed by atoms with E-state index in [2.05, 4.69) is 0 Å². The fraction of sp³-hybridized carbons (Fsp3) is 0.409. The number of benzene rings is 2. The van der Waals surface area contributed by atoms with Crippen molar-refractivity contribution in [2.75, 3.05) is 27.4 Å². The first-order chi connectivity index (χ1) is 13.6. The van der Waals surface area contributed by atoms with Crippen LogP contribution in [0.2, 0.25) is 0 Å². The summed E-state index contributed by atoms with van der Waals surface area (Å²) in [5.74, 6) is 1.36. The fourth-order valence-electron chi connectivity index (χ4n) is 3.91. The molecule has 3 rings (SSSR count). The number of carboxylic acids is 1. The molecule has 1 aliphatic heterocycles. The Hall–Kier alpha value is -2.73. The molecule has 0 aliphatic carbocycles. The fourth-order valence-corrected chi connectivity index (χ4v) is 3.91. The number of ether oxygens (including phenoxy) is 3. The van der Waals surface area contributed by atoms with E-state index >= 15 is 0 Å². The summed E-state index contributed by atoms with van der Waals surface area (Å²) in [6.45, 7) is 3.20. The van der Waals surface area contributed by atoms with Gasteiger partial charge in [0.25, 0.3) is 0 Å². The van der Waals surface area contributed by atoms with Crippen LogP contribution in [0.1, 0.15) is 36.9 Å². The molecule has 0 spiro atoms. The van der Waals surface area contributed by atoms with E-state index in [1.807, 2.05) is 54.3 Å². The highest BCUT2D eigenvalue weighted by Gasteiger charge is 2.38. The van der Waals surface area contributed by atoms with Gasteiger partial charge in [-0.25, -0.2) is 0 Å². The lowest BCUT2D eigenvalue weighted by molar-refractivity contribution is -0.142. The van der Waals surface area contributed by atoms with Gasteiger partial charge in [-0.3, -0.25) is 9.69 Å². The minimum atomic E-state index is -0.801. The lowest BCUT2D eigenvalue weighted by atomic mass is 9.95. The van der Waals surface area contributed by atoms with Gasteiger partial charge >= 0.3 is 5.97 Å². The molecule has 1 saturated heterocycles. The zero-order chi connectivity index (χ0) is 20.1. The van der Waals surface area contributed by atoms with Crippen molar-refractivity contribution in [1.29, 1.82) is 0 Å². The molecular formula is C22H27NO5. The maximum Gasteiger partial charge on any atom is 0.320 e. The van der Waals surface area contributed by atoms with Gasteiger partial charge < -0.3 is 19.3 Å². The van der Waals surface area contributed by atoms with Crippen molar-refractivity contribution in [2.24, 2.45) is 0 Å². The number of nitrogens with zero attached hydrogens (tertiary/aromatic N) is 1. The molecule has 0 radical (unpaired) electrons. The van der Waals surface area contributed by atoms with Crippen LogP contribution in [0.4, 0.5) is 0 Å². The molecular weight excluding hydrogens is 358 g/mol. The number of hydrogen-bond acceptors (Lipinski definition) is 5. The smallest absolute Gasteiger partial charge is 0.320 e. The van der Waals surface area contributed by atoms with Gasteiger partial charge in [-0.15, -0.1) is 0 Å². The van der Waals surface area contributed by atoms with Gasteiger partial charge in [0.15, 0.2) is 0 Å². The van der Waals surface area contributed by atoms with Crippen LogP contribution in [-0.2, 0) is 4.79 Å². The van der Waals surface area contributed by atoms with Crippen LogP contribution in [0, 0.1) is 0 Å². The Balaban J connectivity index is 2.15. The molecule has 28 heavy (non-hydrogen) atoms. The van der Waals surface area contributed by atoms with Gasteiger partial charge in [0.05, 0.1) is 26.9 Å². The van der Waals surface area contributed by atoms with Crippen molar-refractivity contribution in [3.05, 3.63) is 53.6 Å². The van der Waals surface area contributed by atoms with E-state index < -0.39 is 12.0 Å². The zero-order valence-electron chi connectivity index (χ0n) is 16.6. The highest BCUT2D eigenvalue weighted by Crippen LogP contribution is 2.41. The Bertz CT molecular complexity index is 822. The van der Waals surface area contributed by atoms with Crippen LogP contribution in [0.5, 0.6) is 17.2 Å². The molecule has 2 aromatic carbocycles. The molecule has 1 N–H and O–H groups in total. The van der Waals surface area contributed by atoms with E-state index in [0.717, 1.165) is 23.3 Å². The van der Waals surface area contributed by atoms with Gasteiger partial charge in [0.1, 0.15) is 23.3 Å². The van der Waals surface area contributed by atoms with Crippen LogP contribution < -0.4 is 14.2 Å². The Morgan fingerprint density at radius 3 is 2.68 bits per heavy atom. The van der Waals surface area contributed by atoms with Gasteiger partial charge in [0.2, 0.25) is 0 Å². The zero-order valence-corrected chi connectivity index (χ0v) is 16.6. The van der Waals surface area contributed by atoms with Gasteiger partial charge in [-0.05, 0) is 55.7 Å². The lowest BCUT2D eigenvalue weighted by Crippen LogP contribution is -2.39. The highest BCUT2D eigenvalue weighted by molar-refractivity contribution is 5.74. The standard InChI is InChI=1S/C22H27NO5/c1-4-28-17-8-5-7-15(13-17)21(23-12-6-9-19(23)22(24)25)18-14-16(26-2)10-11-20(18)27-3/h5,7-8,10-11,13-14,19,21H,4,6,9,12H2,1-3H3,(H,24,25). The van der Waals surface area contributed by atoms with Crippen molar-refractivity contribution in [1.82, 2.24) is 4.90 Å². The number of carbonyl (C=O) groups is 1. The van der Waals surface area contributed by atoms with E-state index in [9.17, 15) is 9.90 Å². The second kappa shape index (κ2) is 8.97. The summed E-state index contributed by atoms with van der Waals surface area (Å²) in [4.78, 5) is 13.9. The quantitative estimate of drug-likeness (QED) is 0.747. The number of carboxylic acid groups (broad SMARTS) is 1. The molecule has 0 bridgehead atoms. The van der Waals surface area contributed by atoms with Crippen molar-refractivity contribution in [3.63, 3.8) is 0 Å². The maximum atomic E-state index is 11.9. The second-order valence-corrected chi connectivity index (χ2v) is 6.75. The second-order valence-electron chi connectivity index (χ2n) is 6.75. The highest BCUT2D eigenvalue weighted by atomic mass is 16.5. The van der Waals surface area contributed by atoms with Crippen LogP contribution in [-0.4, -0.2) is 49.4 Å². The summed E-state index contributed by atoms with van der Waals surface area (Å²) in [6.07, 6.45) is 1.47. The Morgan fingerprint density at radius 1 is 1.18 bits per heavy atom. The van der Waals surface area contributed by atoms with Gasteiger partial charge in [-0.1, -0.05) is 12.1 Å². The molecule has 0 aromatic heterocycles. The first kappa shape index (κ1) is 20.0. The van der Waals surface area contributed by atoms with E-state index in [1.165, 1.54) is 0 Å². The van der Waals surface area contributed by atoms with Crippen LogP contribution in [0.3, 0.4) is 0 Å². The summed E-state index contributed by atoms with van der Waals surface area (Å²) in [5.41, 5.74) is 1.84. The predicted octanol–water partition coefficient (Wildman–Crippen LogP) is 3.74. The topological polar surface area (TPSA) is 68.2 Å². The van der Waals surface area contributed by atoms with Crippen molar-refractivity contribution in [2.45, 2.75) is 31.8 Å². The molecule has 0 saturated carbocycles. The summed E-state index contributed by atoms with van der Waals surface area (Å²) in [6, 6.07) is 12.6. The first-order valence-electron chi connectivity index (χ1n) is 9.52. The summed E-state index contributed by atoms with van der Waals surface area (Å²) in [5, 5.41) is 9.77. The Labute approximate surface area is 165 Å². The molecule has 150 valence electrons. The number of rotatable bonds is 8. The largest absolute Gasteiger partial charge is 0.497 e. The predicted molar refractivity (Wildman–Crippen MR) is 106 cm³/mol. The molecule has 2 aromatic rings. The van der Waals surface area contributed by atoms with Crippen LogP contribution in [0.15, 0.2) is 42.5 Å². The molecule has 6 nitrogen and oxygen atoms in total. The van der Waals surface area contributed by atoms with Crippen LogP contribution >= 0.6 is 0 Å². The van der Waals surface area contributed by atoms with Gasteiger partial charge in [0, 0.05) is 12.1 Å². The van der Waals surface area contributed by atoms with Crippen molar-refractivity contribution < 1.29 is 24.1 Å². The molecule has 1 fully saturated rings. The molecule has 2 unspecified atom stereocenters. The van der Waals surface area contributed by atoms with Crippen molar-refractivity contribution in [3.8, 4) is 17.2 Å². The number of likely N-dealkylation sites (tertiary alicyclic amines) is 1. The molecule has 2 atom stereocenters. The summed E-state index contributed by atoms with van der Waals surface area (Å²) >= 11 is 0. The lowest BCUT2D eigenvalue weighted by Gasteiger charge is -2.33. The normalized spacial score (nSPS) is 17.9. The number of aliphatic carboxylic acids is 1. The average Bonchev–Trinajstić information content (AvgIpc) is 3.18. The number of hydrogen-bond donors (Lipinski definition) is 1. The van der Waals surface area contributed by atoms with Gasteiger partial charge in [-0.2, -0.15) is 0 Å².